The predicted octanol–water partition coefficient (Wildman–Crippen LogP) is 4.44. The zero-order valence-corrected chi connectivity index (χ0v) is 22.3. The van der Waals surface area contributed by atoms with Crippen molar-refractivity contribution in [3.63, 3.8) is 0 Å². The number of anilines is 2. The fraction of sp³-hybridized carbons (Fsp3) is 0.321. The number of hydrogen-bond donors (Lipinski definition) is 3. The van der Waals surface area contributed by atoms with Gasteiger partial charge in [-0.2, -0.15) is 5.10 Å². The maximum Gasteiger partial charge on any atom is 0.229 e. The second kappa shape index (κ2) is 9.42. The minimum absolute atomic E-state index is 0.148. The number of likely N-dealkylation sites (N-methyl/N-ethyl adjacent to an activating group) is 1. The van der Waals surface area contributed by atoms with Crippen LogP contribution in [-0.2, 0) is 4.79 Å². The lowest BCUT2D eigenvalue weighted by Crippen LogP contribution is -2.44. The molecule has 1 amide bonds. The lowest BCUT2D eigenvalue weighted by Gasteiger charge is -2.33. The van der Waals surface area contributed by atoms with Crippen LogP contribution in [0.25, 0.3) is 44.6 Å². The second-order valence-corrected chi connectivity index (χ2v) is 11.0. The highest BCUT2D eigenvalue weighted by Crippen LogP contribution is 2.34. The van der Waals surface area contributed by atoms with Crippen molar-refractivity contribution in [2.75, 3.05) is 43.4 Å². The number of imidazole rings is 1. The molecule has 0 saturated carbocycles. The lowest BCUT2D eigenvalue weighted by atomic mass is 9.95. The van der Waals surface area contributed by atoms with E-state index in [1.54, 1.807) is 30.7 Å². The maximum absolute atomic E-state index is 15.3. The second-order valence-electron chi connectivity index (χ2n) is 11.0. The Morgan fingerprint density at radius 1 is 1.08 bits per heavy atom. The highest BCUT2D eigenvalue weighted by Gasteiger charge is 2.23. The number of rotatable bonds is 4. The van der Waals surface area contributed by atoms with Crippen molar-refractivity contribution in [3.8, 4) is 22.6 Å². The SMILES string of the molecule is CN1CCN(c2nccc3[nH]c(-c4n[nH]c5cc(F)c(-c6cncc(NC(=O)C(C)(C)C)c6)cc45)nc23)CC1. The van der Waals surface area contributed by atoms with Crippen LogP contribution in [0, 0.1) is 11.2 Å². The molecule has 0 radical (unpaired) electrons. The van der Waals surface area contributed by atoms with Crippen molar-refractivity contribution in [1.29, 1.82) is 0 Å². The first-order chi connectivity index (χ1) is 18.7. The van der Waals surface area contributed by atoms with Crippen molar-refractivity contribution in [3.05, 3.63) is 48.7 Å². The summed E-state index contributed by atoms with van der Waals surface area (Å²) in [5.74, 6) is 0.839. The Balaban J connectivity index is 1.38. The number of carbonyl (C=O) groups is 1. The first-order valence-corrected chi connectivity index (χ1v) is 12.9. The first kappa shape index (κ1) is 24.9. The molecule has 1 fully saturated rings. The van der Waals surface area contributed by atoms with Crippen molar-refractivity contribution in [2.45, 2.75) is 20.8 Å². The average Bonchev–Trinajstić information content (AvgIpc) is 3.52. The molecule has 0 unspecified atom stereocenters. The Morgan fingerprint density at radius 2 is 1.87 bits per heavy atom. The van der Waals surface area contributed by atoms with E-state index in [2.05, 4.69) is 47.3 Å². The number of carbonyl (C=O) groups excluding carboxylic acids is 1. The van der Waals surface area contributed by atoms with E-state index in [0.29, 0.717) is 39.2 Å². The van der Waals surface area contributed by atoms with Gasteiger partial charge < -0.3 is 20.1 Å². The minimum Gasteiger partial charge on any atom is -0.352 e. The van der Waals surface area contributed by atoms with Crippen LogP contribution in [0.4, 0.5) is 15.9 Å². The molecule has 1 aromatic carbocycles. The van der Waals surface area contributed by atoms with Crippen LogP contribution < -0.4 is 10.2 Å². The number of nitrogens with one attached hydrogen (secondary N) is 3. The van der Waals surface area contributed by atoms with Gasteiger partial charge in [0.25, 0.3) is 0 Å². The normalized spacial score (nSPS) is 14.8. The molecule has 1 aliphatic heterocycles. The number of piperazine rings is 1. The molecule has 5 heterocycles. The zero-order valence-electron chi connectivity index (χ0n) is 22.3. The van der Waals surface area contributed by atoms with E-state index in [-0.39, 0.29) is 5.91 Å². The van der Waals surface area contributed by atoms with Crippen molar-refractivity contribution >= 4 is 39.3 Å². The van der Waals surface area contributed by atoms with Crippen molar-refractivity contribution < 1.29 is 9.18 Å². The van der Waals surface area contributed by atoms with Crippen LogP contribution in [0.1, 0.15) is 20.8 Å². The topological polar surface area (TPSA) is 119 Å². The van der Waals surface area contributed by atoms with E-state index >= 15 is 4.39 Å². The maximum atomic E-state index is 15.3. The fourth-order valence-electron chi connectivity index (χ4n) is 4.70. The van der Waals surface area contributed by atoms with Gasteiger partial charge in [-0.3, -0.25) is 14.9 Å². The summed E-state index contributed by atoms with van der Waals surface area (Å²) < 4.78 is 15.3. The van der Waals surface area contributed by atoms with Crippen LogP contribution in [0.3, 0.4) is 0 Å². The first-order valence-electron chi connectivity index (χ1n) is 12.9. The van der Waals surface area contributed by atoms with Crippen LogP contribution in [0.2, 0.25) is 0 Å². The third-order valence-electron chi connectivity index (χ3n) is 7.05. The number of hydrogen-bond acceptors (Lipinski definition) is 7. The van der Waals surface area contributed by atoms with Gasteiger partial charge in [0.05, 0.1) is 22.9 Å². The Bertz CT molecular complexity index is 1690. The quantitative estimate of drug-likeness (QED) is 0.316. The van der Waals surface area contributed by atoms with E-state index in [0.717, 1.165) is 43.0 Å². The molecule has 0 spiro atoms. The van der Waals surface area contributed by atoms with Gasteiger partial charge in [0.1, 0.15) is 17.0 Å². The van der Waals surface area contributed by atoms with E-state index in [1.807, 2.05) is 26.8 Å². The van der Waals surface area contributed by atoms with E-state index in [9.17, 15) is 4.79 Å². The number of benzene rings is 1. The van der Waals surface area contributed by atoms with Gasteiger partial charge in [-0.05, 0) is 25.2 Å². The molecule has 0 bridgehead atoms. The van der Waals surface area contributed by atoms with E-state index in [1.165, 1.54) is 6.07 Å². The Labute approximate surface area is 224 Å². The standard InChI is InChI=1S/C28H30FN9O/c1-28(2,3)27(39)32-17-11-16(14-30-15-17)18-12-19-22(13-20(18)29)35-36-23(19)25-33-21-5-6-31-26(24(21)34-25)38-9-7-37(4)8-10-38/h5-6,11-15H,7-10H2,1-4H3,(H,32,39)(H,33,34)(H,35,36). The number of aromatic nitrogens is 6. The number of nitrogens with zero attached hydrogens (tertiary/aromatic N) is 6. The Hall–Kier alpha value is -4.38. The summed E-state index contributed by atoms with van der Waals surface area (Å²) in [6.45, 7) is 9.17. The summed E-state index contributed by atoms with van der Waals surface area (Å²) in [7, 11) is 2.12. The summed E-state index contributed by atoms with van der Waals surface area (Å²) in [5, 5.41) is 11.0. The van der Waals surface area contributed by atoms with Gasteiger partial charge >= 0.3 is 0 Å². The molecule has 3 N–H and O–H groups in total. The molecule has 6 rings (SSSR count). The molecule has 39 heavy (non-hydrogen) atoms. The summed E-state index contributed by atoms with van der Waals surface area (Å²) >= 11 is 0. The van der Waals surface area contributed by atoms with Gasteiger partial charge in [0, 0.05) is 66.6 Å². The molecule has 0 atom stereocenters. The van der Waals surface area contributed by atoms with E-state index < -0.39 is 11.2 Å². The van der Waals surface area contributed by atoms with Gasteiger partial charge in [0.2, 0.25) is 5.91 Å². The molecular formula is C28H30FN9O. The molecule has 0 aliphatic carbocycles. The number of amides is 1. The third kappa shape index (κ3) is 4.69. The predicted molar refractivity (Wildman–Crippen MR) is 150 cm³/mol. The zero-order chi connectivity index (χ0) is 27.3. The van der Waals surface area contributed by atoms with Gasteiger partial charge in [-0.15, -0.1) is 0 Å². The number of halogens is 1. The molecule has 1 saturated heterocycles. The van der Waals surface area contributed by atoms with Crippen LogP contribution >= 0.6 is 0 Å². The largest absolute Gasteiger partial charge is 0.352 e. The summed E-state index contributed by atoms with van der Waals surface area (Å²) in [6.07, 6.45) is 4.91. The molecule has 10 nitrogen and oxygen atoms in total. The minimum atomic E-state index is -0.571. The average molecular weight is 528 g/mol. The van der Waals surface area contributed by atoms with Gasteiger partial charge in [-0.1, -0.05) is 20.8 Å². The fourth-order valence-corrected chi connectivity index (χ4v) is 4.70. The molecule has 200 valence electrons. The highest BCUT2D eigenvalue weighted by atomic mass is 19.1. The highest BCUT2D eigenvalue weighted by molar-refractivity contribution is 5.98. The van der Waals surface area contributed by atoms with Gasteiger partial charge in [-0.25, -0.2) is 14.4 Å². The van der Waals surface area contributed by atoms with Crippen molar-refractivity contribution in [1.82, 2.24) is 35.0 Å². The molecule has 11 heteroatoms. The third-order valence-corrected chi connectivity index (χ3v) is 7.05. The Kier molecular flexibility index (Phi) is 6.02. The number of fused-ring (bicyclic) bond motifs is 2. The number of pyridine rings is 2. The molecule has 1 aliphatic rings. The Morgan fingerprint density at radius 3 is 2.64 bits per heavy atom. The number of aromatic amines is 2. The van der Waals surface area contributed by atoms with Crippen LogP contribution in [0.15, 0.2) is 42.9 Å². The van der Waals surface area contributed by atoms with Crippen LogP contribution in [-0.4, -0.2) is 74.2 Å². The van der Waals surface area contributed by atoms with Crippen molar-refractivity contribution in [2.24, 2.45) is 5.41 Å². The van der Waals surface area contributed by atoms with Crippen LogP contribution in [0.5, 0.6) is 0 Å². The molecule has 5 aromatic rings. The summed E-state index contributed by atoms with van der Waals surface area (Å²) in [4.78, 5) is 34.1. The lowest BCUT2D eigenvalue weighted by molar-refractivity contribution is -0.123. The summed E-state index contributed by atoms with van der Waals surface area (Å²) in [5.41, 5.74) is 3.59. The smallest absolute Gasteiger partial charge is 0.229 e. The van der Waals surface area contributed by atoms with Gasteiger partial charge in [0.15, 0.2) is 11.6 Å². The molecule has 4 aromatic heterocycles. The number of H-pyrrole nitrogens is 2. The monoisotopic (exact) mass is 527 g/mol. The van der Waals surface area contributed by atoms with E-state index in [4.69, 9.17) is 4.98 Å². The molecular weight excluding hydrogens is 497 g/mol. The summed E-state index contributed by atoms with van der Waals surface area (Å²) in [6, 6.07) is 6.77.